The van der Waals surface area contributed by atoms with Gasteiger partial charge >= 0.3 is 12.1 Å². The first-order valence-electron chi connectivity index (χ1n) is 6.37. The first kappa shape index (κ1) is 16.0. The van der Waals surface area contributed by atoms with Crippen LogP contribution >= 0.6 is 0 Å². The number of benzene rings is 1. The Morgan fingerprint density at radius 1 is 1.23 bits per heavy atom. The molecule has 1 aromatic carbocycles. The summed E-state index contributed by atoms with van der Waals surface area (Å²) in [5.41, 5.74) is 0.106. The van der Waals surface area contributed by atoms with Crippen LogP contribution in [0.5, 0.6) is 0 Å². The van der Waals surface area contributed by atoms with Crippen molar-refractivity contribution in [1.82, 2.24) is 0 Å². The molecular weight excluding hydrogens is 303 g/mol. The Balaban J connectivity index is 2.50. The van der Waals surface area contributed by atoms with Crippen LogP contribution in [0, 0.1) is 16.0 Å². The van der Waals surface area contributed by atoms with E-state index in [1.165, 1.54) is 38.1 Å². The highest BCUT2D eigenvalue weighted by atomic mass is 19.4. The fourth-order valence-electron chi connectivity index (χ4n) is 2.55. The van der Waals surface area contributed by atoms with Crippen LogP contribution in [-0.2, 0) is 9.53 Å². The first-order valence-corrected chi connectivity index (χ1v) is 6.37. The number of halogens is 3. The molecule has 0 saturated carbocycles. The number of carbonyl (C=O) groups excluding carboxylic acids is 1. The highest BCUT2D eigenvalue weighted by Crippen LogP contribution is 2.43. The zero-order valence-corrected chi connectivity index (χ0v) is 11.7. The van der Waals surface area contributed by atoms with Crippen LogP contribution in [0.3, 0.4) is 0 Å². The van der Waals surface area contributed by atoms with E-state index in [1.54, 1.807) is 0 Å². The van der Waals surface area contributed by atoms with Crippen molar-refractivity contribution in [3.8, 4) is 0 Å². The number of hydrogen-bond donors (Lipinski definition) is 0. The maximum Gasteiger partial charge on any atom is 0.449 e. The van der Waals surface area contributed by atoms with Gasteiger partial charge in [0, 0.05) is 18.1 Å². The van der Waals surface area contributed by atoms with E-state index in [9.17, 15) is 28.1 Å². The summed E-state index contributed by atoms with van der Waals surface area (Å²) >= 11 is 0. The monoisotopic (exact) mass is 315 g/mol. The topological polar surface area (TPSA) is 69.4 Å². The Morgan fingerprint density at radius 3 is 2.23 bits per heavy atom. The molecule has 1 aliphatic rings. The standard InChI is InChI=1S/C14H12F3NO4/c1-7-11(9-3-5-10(6-4-9)18(20)21)8(2)13(19)22-12(7)14(15,16)17/h3-6,8,11H,1-2H3/t8-,11-/m0/s1. The number of ether oxygens (including phenoxy) is 1. The predicted molar refractivity (Wildman–Crippen MR) is 69.8 cm³/mol. The lowest BCUT2D eigenvalue weighted by atomic mass is 9.80. The van der Waals surface area contributed by atoms with E-state index in [4.69, 9.17) is 0 Å². The van der Waals surface area contributed by atoms with Crippen molar-refractivity contribution in [2.45, 2.75) is 25.9 Å². The molecule has 0 aliphatic carbocycles. The molecular formula is C14H12F3NO4. The van der Waals surface area contributed by atoms with Gasteiger partial charge in [0.05, 0.1) is 10.8 Å². The summed E-state index contributed by atoms with van der Waals surface area (Å²) in [4.78, 5) is 21.7. The number of nitro groups is 1. The third-order valence-corrected chi connectivity index (χ3v) is 3.62. The second-order valence-corrected chi connectivity index (χ2v) is 5.05. The van der Waals surface area contributed by atoms with Crippen molar-refractivity contribution in [2.75, 3.05) is 0 Å². The van der Waals surface area contributed by atoms with Gasteiger partial charge in [-0.3, -0.25) is 14.9 Å². The molecule has 8 heteroatoms. The lowest BCUT2D eigenvalue weighted by Gasteiger charge is -2.31. The Hall–Kier alpha value is -2.38. The van der Waals surface area contributed by atoms with Gasteiger partial charge in [0.25, 0.3) is 5.69 Å². The van der Waals surface area contributed by atoms with E-state index in [1.807, 2.05) is 0 Å². The summed E-state index contributed by atoms with van der Waals surface area (Å²) in [5, 5.41) is 10.6. The molecule has 0 radical (unpaired) electrons. The van der Waals surface area contributed by atoms with E-state index in [-0.39, 0.29) is 11.3 Å². The maximum atomic E-state index is 12.9. The number of alkyl halides is 3. The Kier molecular flexibility index (Phi) is 3.95. The predicted octanol–water partition coefficient (Wildman–Crippen LogP) is 3.71. The Bertz CT molecular complexity index is 649. The van der Waals surface area contributed by atoms with Crippen molar-refractivity contribution >= 4 is 11.7 Å². The molecule has 0 spiro atoms. The van der Waals surface area contributed by atoms with E-state index >= 15 is 0 Å². The number of nitro benzene ring substituents is 1. The van der Waals surface area contributed by atoms with Gasteiger partial charge in [-0.2, -0.15) is 13.2 Å². The molecule has 1 aliphatic heterocycles. The molecule has 0 bridgehead atoms. The van der Waals surface area contributed by atoms with Gasteiger partial charge in [0.1, 0.15) is 0 Å². The molecule has 22 heavy (non-hydrogen) atoms. The molecule has 0 unspecified atom stereocenters. The van der Waals surface area contributed by atoms with Crippen molar-refractivity contribution in [2.24, 2.45) is 5.92 Å². The summed E-state index contributed by atoms with van der Waals surface area (Å²) in [6, 6.07) is 5.11. The van der Waals surface area contributed by atoms with Gasteiger partial charge < -0.3 is 4.74 Å². The molecule has 2 atom stereocenters. The summed E-state index contributed by atoms with van der Waals surface area (Å²) in [6.07, 6.45) is -4.76. The summed E-state index contributed by atoms with van der Waals surface area (Å²) in [6.45, 7) is 2.71. The first-order chi connectivity index (χ1) is 10.1. The molecule has 1 aromatic rings. The lowest BCUT2D eigenvalue weighted by Crippen LogP contribution is -2.33. The van der Waals surface area contributed by atoms with Crippen LogP contribution in [0.25, 0.3) is 0 Å². The molecule has 118 valence electrons. The molecule has 5 nitrogen and oxygen atoms in total. The van der Waals surface area contributed by atoms with E-state index in [2.05, 4.69) is 4.74 Å². The normalized spacial score (nSPS) is 22.5. The largest absolute Gasteiger partial charge is 0.449 e. The van der Waals surface area contributed by atoms with Gasteiger partial charge in [0.15, 0.2) is 0 Å². The number of allylic oxidation sites excluding steroid dienone is 2. The van der Waals surface area contributed by atoms with Crippen LogP contribution in [0.4, 0.5) is 18.9 Å². The maximum absolute atomic E-state index is 12.9. The zero-order valence-electron chi connectivity index (χ0n) is 11.7. The molecule has 0 amide bonds. The van der Waals surface area contributed by atoms with Gasteiger partial charge in [-0.1, -0.05) is 19.1 Å². The highest BCUT2D eigenvalue weighted by molar-refractivity contribution is 5.77. The van der Waals surface area contributed by atoms with Crippen LogP contribution in [0.2, 0.25) is 0 Å². The molecule has 2 rings (SSSR count). The van der Waals surface area contributed by atoms with Crippen LogP contribution in [0.1, 0.15) is 25.3 Å². The fourth-order valence-corrected chi connectivity index (χ4v) is 2.55. The number of carbonyl (C=O) groups is 1. The number of cyclic esters (lactones) is 1. The number of hydrogen-bond acceptors (Lipinski definition) is 4. The van der Waals surface area contributed by atoms with E-state index < -0.39 is 34.7 Å². The average Bonchev–Trinajstić information content (AvgIpc) is 2.42. The van der Waals surface area contributed by atoms with Gasteiger partial charge in [-0.25, -0.2) is 0 Å². The van der Waals surface area contributed by atoms with Crippen molar-refractivity contribution in [3.05, 3.63) is 51.3 Å². The number of non-ortho nitro benzene ring substituents is 1. The fraction of sp³-hybridized carbons (Fsp3) is 0.357. The van der Waals surface area contributed by atoms with Crippen molar-refractivity contribution < 1.29 is 27.6 Å². The smallest absolute Gasteiger partial charge is 0.421 e. The van der Waals surface area contributed by atoms with Gasteiger partial charge in [-0.05, 0) is 18.1 Å². The third kappa shape index (κ3) is 2.81. The molecule has 0 fully saturated rings. The minimum Gasteiger partial charge on any atom is -0.421 e. The summed E-state index contributed by atoms with van der Waals surface area (Å²) in [7, 11) is 0. The summed E-state index contributed by atoms with van der Waals surface area (Å²) < 4.78 is 43.2. The zero-order chi connectivity index (χ0) is 16.7. The van der Waals surface area contributed by atoms with Crippen LogP contribution in [-0.4, -0.2) is 17.1 Å². The number of esters is 1. The summed E-state index contributed by atoms with van der Waals surface area (Å²) in [5.74, 6) is -3.92. The second kappa shape index (κ2) is 5.43. The highest BCUT2D eigenvalue weighted by Gasteiger charge is 2.46. The number of nitrogens with zero attached hydrogens (tertiary/aromatic N) is 1. The van der Waals surface area contributed by atoms with Crippen LogP contribution < -0.4 is 0 Å². The molecule has 0 saturated heterocycles. The Morgan fingerprint density at radius 2 is 1.77 bits per heavy atom. The SMILES string of the molecule is CC1=C(C(F)(F)F)OC(=O)[C@@H](C)[C@H]1c1ccc([N+](=O)[O-])cc1. The second-order valence-electron chi connectivity index (χ2n) is 5.05. The minimum atomic E-state index is -4.76. The quantitative estimate of drug-likeness (QED) is 0.474. The average molecular weight is 315 g/mol. The van der Waals surface area contributed by atoms with Crippen molar-refractivity contribution in [3.63, 3.8) is 0 Å². The molecule has 1 heterocycles. The molecule has 0 N–H and O–H groups in total. The van der Waals surface area contributed by atoms with Gasteiger partial charge in [-0.15, -0.1) is 0 Å². The minimum absolute atomic E-state index is 0.117. The molecule has 0 aromatic heterocycles. The van der Waals surface area contributed by atoms with Crippen molar-refractivity contribution in [1.29, 1.82) is 0 Å². The van der Waals surface area contributed by atoms with Crippen LogP contribution in [0.15, 0.2) is 35.6 Å². The lowest BCUT2D eigenvalue weighted by molar-refractivity contribution is -0.384. The number of rotatable bonds is 2. The Labute approximate surface area is 123 Å². The van der Waals surface area contributed by atoms with E-state index in [0.717, 1.165) is 0 Å². The third-order valence-electron chi connectivity index (χ3n) is 3.62. The van der Waals surface area contributed by atoms with Gasteiger partial charge in [0.2, 0.25) is 5.76 Å². The van der Waals surface area contributed by atoms with E-state index in [0.29, 0.717) is 5.56 Å².